The van der Waals surface area contributed by atoms with Gasteiger partial charge in [0.1, 0.15) is 11.5 Å². The van der Waals surface area contributed by atoms with Crippen molar-refractivity contribution in [2.45, 2.75) is 10.8 Å². The minimum Gasteiger partial charge on any atom is -0.508 e. The van der Waals surface area contributed by atoms with Crippen molar-refractivity contribution in [3.63, 3.8) is 0 Å². The molecule has 2 N–H and O–H groups in total. The molecular formula is C38H28O2. The molecule has 0 saturated heterocycles. The summed E-state index contributed by atoms with van der Waals surface area (Å²) in [6.07, 6.45) is 0. The maximum atomic E-state index is 10.3. The Labute approximate surface area is 234 Å². The number of hydrogen-bond donors (Lipinski definition) is 2. The van der Waals surface area contributed by atoms with E-state index in [0.717, 1.165) is 22.3 Å². The summed E-state index contributed by atoms with van der Waals surface area (Å²) >= 11 is 0. The Hall–Kier alpha value is -5.08. The lowest BCUT2D eigenvalue weighted by Crippen LogP contribution is -2.45. The summed E-state index contributed by atoms with van der Waals surface area (Å²) in [5.41, 5.74) is 7.97. The molecule has 2 nitrogen and oxygen atoms in total. The van der Waals surface area contributed by atoms with Crippen molar-refractivity contribution in [2.75, 3.05) is 0 Å². The van der Waals surface area contributed by atoms with Gasteiger partial charge in [0.2, 0.25) is 0 Å². The van der Waals surface area contributed by atoms with E-state index in [1.165, 1.54) is 22.3 Å². The van der Waals surface area contributed by atoms with Gasteiger partial charge in [0.15, 0.2) is 0 Å². The Morgan fingerprint density at radius 3 is 0.825 bits per heavy atom. The quantitative estimate of drug-likeness (QED) is 0.248. The van der Waals surface area contributed by atoms with Crippen molar-refractivity contribution < 1.29 is 10.2 Å². The minimum absolute atomic E-state index is 0.227. The maximum absolute atomic E-state index is 10.3. The van der Waals surface area contributed by atoms with Gasteiger partial charge in [-0.15, -0.1) is 0 Å². The molecule has 7 rings (SSSR count). The highest BCUT2D eigenvalue weighted by Gasteiger charge is 2.53. The fourth-order valence-corrected chi connectivity index (χ4v) is 6.94. The van der Waals surface area contributed by atoms with E-state index in [4.69, 9.17) is 0 Å². The third-order valence-electron chi connectivity index (χ3n) is 8.48. The van der Waals surface area contributed by atoms with E-state index in [1.54, 1.807) is 24.3 Å². The molecule has 1 aliphatic carbocycles. The molecule has 2 heteroatoms. The molecule has 0 aliphatic heterocycles. The number of hydrogen-bond acceptors (Lipinski definition) is 2. The molecule has 6 aromatic rings. The lowest BCUT2D eigenvalue weighted by atomic mass is 9.50. The second-order valence-electron chi connectivity index (χ2n) is 10.4. The second kappa shape index (κ2) is 9.29. The van der Waals surface area contributed by atoms with E-state index in [0.29, 0.717) is 0 Å². The summed E-state index contributed by atoms with van der Waals surface area (Å²) in [5, 5.41) is 20.6. The van der Waals surface area contributed by atoms with Crippen molar-refractivity contribution >= 4 is 0 Å². The van der Waals surface area contributed by atoms with Crippen LogP contribution in [0.1, 0.15) is 44.5 Å². The third kappa shape index (κ3) is 3.29. The van der Waals surface area contributed by atoms with Crippen molar-refractivity contribution in [1.29, 1.82) is 0 Å². The molecule has 192 valence electrons. The van der Waals surface area contributed by atoms with Crippen LogP contribution in [0.4, 0.5) is 0 Å². The summed E-state index contributed by atoms with van der Waals surface area (Å²) in [4.78, 5) is 0. The zero-order valence-electron chi connectivity index (χ0n) is 21.9. The Bertz CT molecular complexity index is 1650. The summed E-state index contributed by atoms with van der Waals surface area (Å²) in [5.74, 6) is 0.454. The van der Waals surface area contributed by atoms with E-state index >= 15 is 0 Å². The lowest BCUT2D eigenvalue weighted by molar-refractivity contribution is 0.474. The number of fused-ring (bicyclic) bond motifs is 2. The molecule has 0 atom stereocenters. The third-order valence-corrected chi connectivity index (χ3v) is 8.48. The van der Waals surface area contributed by atoms with Crippen molar-refractivity contribution in [1.82, 2.24) is 0 Å². The smallest absolute Gasteiger partial charge is 0.115 e. The molecule has 40 heavy (non-hydrogen) atoms. The number of benzene rings is 6. The summed E-state index contributed by atoms with van der Waals surface area (Å²) < 4.78 is 0. The molecule has 0 bridgehead atoms. The molecule has 0 radical (unpaired) electrons. The molecule has 0 saturated carbocycles. The van der Waals surface area contributed by atoms with Gasteiger partial charge in [0.05, 0.1) is 10.8 Å². The first kappa shape index (κ1) is 24.0. The van der Waals surface area contributed by atoms with Gasteiger partial charge in [0, 0.05) is 0 Å². The van der Waals surface area contributed by atoms with E-state index in [1.807, 2.05) is 24.3 Å². The average Bonchev–Trinajstić information content (AvgIpc) is 3.02. The maximum Gasteiger partial charge on any atom is 0.115 e. The van der Waals surface area contributed by atoms with E-state index in [-0.39, 0.29) is 11.5 Å². The number of phenols is 2. The molecule has 0 fully saturated rings. The zero-order chi connectivity index (χ0) is 27.2. The minimum atomic E-state index is -0.693. The Morgan fingerprint density at radius 2 is 0.525 bits per heavy atom. The van der Waals surface area contributed by atoms with Crippen molar-refractivity contribution in [3.05, 3.63) is 202 Å². The molecule has 0 aromatic heterocycles. The van der Waals surface area contributed by atoms with Gasteiger partial charge in [-0.2, -0.15) is 0 Å². The number of rotatable bonds is 4. The summed E-state index contributed by atoms with van der Waals surface area (Å²) in [6, 6.07) is 54.2. The van der Waals surface area contributed by atoms with Crippen LogP contribution in [0.2, 0.25) is 0 Å². The largest absolute Gasteiger partial charge is 0.508 e. The zero-order valence-corrected chi connectivity index (χ0v) is 21.9. The summed E-state index contributed by atoms with van der Waals surface area (Å²) in [7, 11) is 0. The van der Waals surface area contributed by atoms with Gasteiger partial charge in [-0.3, -0.25) is 0 Å². The molecular weight excluding hydrogens is 488 g/mol. The topological polar surface area (TPSA) is 40.5 Å². The van der Waals surface area contributed by atoms with Gasteiger partial charge in [0.25, 0.3) is 0 Å². The van der Waals surface area contributed by atoms with Gasteiger partial charge in [-0.05, 0) is 68.8 Å². The Balaban J connectivity index is 1.71. The predicted molar refractivity (Wildman–Crippen MR) is 160 cm³/mol. The van der Waals surface area contributed by atoms with Crippen molar-refractivity contribution in [2.24, 2.45) is 0 Å². The van der Waals surface area contributed by atoms with Crippen LogP contribution in [0, 0.1) is 0 Å². The van der Waals surface area contributed by atoms with Crippen LogP contribution in [-0.4, -0.2) is 10.2 Å². The van der Waals surface area contributed by atoms with Crippen LogP contribution in [0.5, 0.6) is 11.5 Å². The Morgan fingerprint density at radius 1 is 0.275 bits per heavy atom. The molecule has 0 amide bonds. The van der Waals surface area contributed by atoms with Crippen LogP contribution >= 0.6 is 0 Å². The summed E-state index contributed by atoms with van der Waals surface area (Å²) in [6.45, 7) is 0. The van der Waals surface area contributed by atoms with E-state index in [9.17, 15) is 10.2 Å². The standard InChI is InChI=1S/C38H28O2/c39-31-23-19-29(20-24-31)38(30-21-25-32(40)26-22-30)35-17-9-7-15-33(35)37(27-11-3-1-4-12-27,28-13-5-2-6-14-28)34-16-8-10-18-36(34)38/h1-26,39-40H. The van der Waals surface area contributed by atoms with Gasteiger partial charge in [-0.25, -0.2) is 0 Å². The van der Waals surface area contributed by atoms with Gasteiger partial charge in [-0.1, -0.05) is 133 Å². The van der Waals surface area contributed by atoms with Gasteiger partial charge < -0.3 is 10.2 Å². The molecule has 0 unspecified atom stereocenters. The predicted octanol–water partition coefficient (Wildman–Crippen LogP) is 8.18. The normalized spacial score (nSPS) is 14.6. The van der Waals surface area contributed by atoms with Gasteiger partial charge >= 0.3 is 0 Å². The molecule has 0 heterocycles. The number of phenolic OH excluding ortho intramolecular Hbond substituents is 2. The average molecular weight is 517 g/mol. The first-order valence-electron chi connectivity index (χ1n) is 13.6. The molecule has 6 aromatic carbocycles. The number of aromatic hydroxyl groups is 2. The first-order chi connectivity index (χ1) is 19.7. The van der Waals surface area contributed by atoms with Crippen LogP contribution < -0.4 is 0 Å². The first-order valence-corrected chi connectivity index (χ1v) is 13.6. The highest BCUT2D eigenvalue weighted by atomic mass is 16.3. The molecule has 0 spiro atoms. The van der Waals surface area contributed by atoms with Crippen LogP contribution in [-0.2, 0) is 10.8 Å². The molecule has 1 aliphatic rings. The van der Waals surface area contributed by atoms with Crippen molar-refractivity contribution in [3.8, 4) is 11.5 Å². The highest BCUT2D eigenvalue weighted by molar-refractivity contribution is 5.75. The lowest BCUT2D eigenvalue weighted by Gasteiger charge is -2.51. The monoisotopic (exact) mass is 516 g/mol. The fraction of sp³-hybridized carbons (Fsp3) is 0.0526. The SMILES string of the molecule is Oc1ccc(C2(c3ccc(O)cc3)c3ccccc3C(c3ccccc3)(c3ccccc3)c3ccccc32)cc1. The van der Waals surface area contributed by atoms with Crippen LogP contribution in [0.15, 0.2) is 158 Å². The highest BCUT2D eigenvalue weighted by Crippen LogP contribution is 2.59. The fourth-order valence-electron chi connectivity index (χ4n) is 6.94. The van der Waals surface area contributed by atoms with Crippen LogP contribution in [0.25, 0.3) is 0 Å². The van der Waals surface area contributed by atoms with Crippen LogP contribution in [0.3, 0.4) is 0 Å². The second-order valence-corrected chi connectivity index (χ2v) is 10.4. The Kier molecular flexibility index (Phi) is 5.57. The van der Waals surface area contributed by atoms with E-state index < -0.39 is 10.8 Å². The van der Waals surface area contributed by atoms with E-state index in [2.05, 4.69) is 109 Å².